The number of aliphatic carboxylic acids is 1. The van der Waals surface area contributed by atoms with Crippen molar-refractivity contribution in [2.45, 2.75) is 56.9 Å². The monoisotopic (exact) mass is 762 g/mol. The highest BCUT2D eigenvalue weighted by atomic mass is 32.2. The summed E-state index contributed by atoms with van der Waals surface area (Å²) in [5, 5.41) is 19.9. The van der Waals surface area contributed by atoms with Crippen molar-refractivity contribution in [3.8, 4) is 11.5 Å². The average molecular weight is 763 g/mol. The highest BCUT2D eigenvalue weighted by molar-refractivity contribution is 8.03. The van der Waals surface area contributed by atoms with Crippen molar-refractivity contribution < 1.29 is 56.8 Å². The molecule has 282 valence electrons. The van der Waals surface area contributed by atoms with Crippen molar-refractivity contribution >= 4 is 46.0 Å². The number of hydrogen-bond acceptors (Lipinski definition) is 12. The van der Waals surface area contributed by atoms with E-state index in [1.54, 1.807) is 55.5 Å². The fourth-order valence-electron chi connectivity index (χ4n) is 6.67. The van der Waals surface area contributed by atoms with Crippen LogP contribution in [0.2, 0.25) is 0 Å². The molecule has 2 saturated heterocycles. The zero-order valence-electron chi connectivity index (χ0n) is 29.3. The molecule has 0 saturated carbocycles. The Bertz CT molecular complexity index is 1800. The number of benzene rings is 2. The lowest BCUT2D eigenvalue weighted by atomic mass is 9.79. The highest BCUT2D eigenvalue weighted by Crippen LogP contribution is 2.52. The molecule has 0 spiro atoms. The maximum atomic E-state index is 13.7. The highest BCUT2D eigenvalue weighted by Gasteiger charge is 2.60. The number of amides is 3. The van der Waals surface area contributed by atoms with Crippen molar-refractivity contribution in [2.75, 3.05) is 34.4 Å². The van der Waals surface area contributed by atoms with Gasteiger partial charge in [0.1, 0.15) is 30.4 Å². The van der Waals surface area contributed by atoms with E-state index in [-0.39, 0.29) is 31.9 Å². The maximum Gasteiger partial charge on any atom is 0.424 e. The number of methoxy groups -OCH3 is 2. The first kappa shape index (κ1) is 38.7. The lowest BCUT2D eigenvalue weighted by Crippen LogP contribution is -2.63. The summed E-state index contributed by atoms with van der Waals surface area (Å²) in [7, 11) is -0.263. The van der Waals surface area contributed by atoms with Gasteiger partial charge in [-0.15, -0.1) is 11.8 Å². The molecule has 3 heterocycles. The van der Waals surface area contributed by atoms with Gasteiger partial charge in [-0.25, -0.2) is 19.1 Å². The van der Waals surface area contributed by atoms with Gasteiger partial charge in [-0.3, -0.25) is 4.79 Å². The Kier molecular flexibility index (Phi) is 11.9. The van der Waals surface area contributed by atoms with Crippen LogP contribution in [0.25, 0.3) is 0 Å². The van der Waals surface area contributed by atoms with E-state index in [1.807, 2.05) is 0 Å². The lowest BCUT2D eigenvalue weighted by Gasteiger charge is -2.46. The van der Waals surface area contributed by atoms with Crippen LogP contribution >= 0.6 is 11.8 Å². The molecule has 5 rings (SSSR count). The van der Waals surface area contributed by atoms with Gasteiger partial charge >= 0.3 is 28.4 Å². The molecule has 3 N–H and O–H groups in total. The third-order valence-corrected chi connectivity index (χ3v) is 12.3. The van der Waals surface area contributed by atoms with Gasteiger partial charge in [0.25, 0.3) is 0 Å². The average Bonchev–Trinajstić information content (AvgIpc) is 3.64. The van der Waals surface area contributed by atoms with Gasteiger partial charge in [0.15, 0.2) is 0 Å². The third-order valence-electron chi connectivity index (χ3n) is 9.39. The van der Waals surface area contributed by atoms with Gasteiger partial charge in [0.05, 0.1) is 44.9 Å². The fraction of sp³-hybridized carbons (Fsp3) is 0.471. The molecule has 3 amide bonds. The molecule has 52 heavy (non-hydrogen) atoms. The molecule has 0 unspecified atom stereocenters. The summed E-state index contributed by atoms with van der Waals surface area (Å²) >= 11 is 1.18. The Morgan fingerprint density at radius 1 is 1.00 bits per heavy atom. The zero-order valence-corrected chi connectivity index (χ0v) is 30.9. The largest absolute Gasteiger partial charge is 0.497 e. The first-order valence-corrected chi connectivity index (χ1v) is 18.7. The van der Waals surface area contributed by atoms with E-state index in [0.29, 0.717) is 31.8 Å². The van der Waals surface area contributed by atoms with Gasteiger partial charge in [0.2, 0.25) is 5.91 Å². The molecule has 2 fully saturated rings. The van der Waals surface area contributed by atoms with Gasteiger partial charge < -0.3 is 39.0 Å². The van der Waals surface area contributed by atoms with Gasteiger partial charge in [-0.2, -0.15) is 12.7 Å². The van der Waals surface area contributed by atoms with Gasteiger partial charge in [-0.1, -0.05) is 31.2 Å². The number of carboxylic acids is 1. The number of hydrogen-bond donors (Lipinski definition) is 3. The van der Waals surface area contributed by atoms with E-state index in [4.69, 9.17) is 18.9 Å². The van der Waals surface area contributed by atoms with E-state index in [2.05, 4.69) is 4.72 Å². The minimum atomic E-state index is -4.43. The lowest BCUT2D eigenvalue weighted by molar-refractivity contribution is -0.163. The number of carbonyl (C=O) groups excluding carboxylic acids is 3. The Morgan fingerprint density at radius 3 is 2.06 bits per heavy atom. The quantitative estimate of drug-likeness (QED) is 0.238. The van der Waals surface area contributed by atoms with Crippen molar-refractivity contribution in [3.05, 3.63) is 70.3 Å². The number of carbonyl (C=O) groups is 4. The van der Waals surface area contributed by atoms with Crippen LogP contribution in [-0.2, 0) is 42.5 Å². The number of rotatable bonds is 14. The van der Waals surface area contributed by atoms with E-state index >= 15 is 0 Å². The number of nitrogens with one attached hydrogen (secondary N) is 1. The minimum absolute atomic E-state index is 0.00663. The smallest absolute Gasteiger partial charge is 0.424 e. The number of fused-ring (bicyclic) bond motifs is 1. The molecule has 0 radical (unpaired) electrons. The predicted octanol–water partition coefficient (Wildman–Crippen LogP) is 2.77. The van der Waals surface area contributed by atoms with Crippen molar-refractivity contribution in [3.63, 3.8) is 0 Å². The molecule has 2 aromatic carbocycles. The number of ether oxygens (including phenoxy) is 4. The standard InChI is InChI=1S/C34H42N4O12S2/c1-19-28-27(20(2)39)31(40)38(28)29(32(41)42)30(19)51-26-14-23(36(16-26)33(43)49-17-21-6-10-24(47-4)11-7-21)15-37(52(45,46)35-3)34(44)50-18-22-8-12-25(48-5)13-9-22/h6-13,19-20,23,26-28,35,39H,14-18H2,1-5H3,(H,41,42)/t19-,20-,23+,26+,27-,28-/m1/s1. The second-order valence-electron chi connectivity index (χ2n) is 12.6. The maximum absolute atomic E-state index is 13.7. The molecule has 18 heteroatoms. The third kappa shape index (κ3) is 7.94. The van der Waals surface area contributed by atoms with Crippen LogP contribution in [0.3, 0.4) is 0 Å². The molecular weight excluding hydrogens is 721 g/mol. The Morgan fingerprint density at radius 2 is 1.56 bits per heavy atom. The molecule has 6 atom stereocenters. The van der Waals surface area contributed by atoms with Crippen LogP contribution in [0.4, 0.5) is 9.59 Å². The summed E-state index contributed by atoms with van der Waals surface area (Å²) in [6, 6.07) is 12.1. The Balaban J connectivity index is 1.38. The number of carboxylic acid groups (broad SMARTS) is 1. The number of β-lactam (4-membered cyclic amide) rings is 1. The number of nitrogens with zero attached hydrogens (tertiary/aromatic N) is 3. The van der Waals surface area contributed by atoms with Crippen LogP contribution in [0.1, 0.15) is 31.4 Å². The van der Waals surface area contributed by atoms with Crippen LogP contribution in [0, 0.1) is 11.8 Å². The molecule has 0 aromatic heterocycles. The van der Waals surface area contributed by atoms with E-state index in [1.165, 1.54) is 42.7 Å². The fourth-order valence-corrected chi connectivity index (χ4v) is 9.08. The number of thioether (sulfide) groups is 1. The minimum Gasteiger partial charge on any atom is -0.497 e. The van der Waals surface area contributed by atoms with E-state index in [0.717, 1.165) is 7.05 Å². The summed E-state index contributed by atoms with van der Waals surface area (Å²) < 4.78 is 50.4. The normalized spacial score (nSPS) is 23.1. The first-order valence-electron chi connectivity index (χ1n) is 16.4. The molecule has 2 aromatic rings. The molecule has 3 aliphatic heterocycles. The number of aliphatic hydroxyl groups excluding tert-OH is 1. The predicted molar refractivity (Wildman–Crippen MR) is 187 cm³/mol. The molecule has 0 bridgehead atoms. The van der Waals surface area contributed by atoms with Crippen molar-refractivity contribution in [2.24, 2.45) is 11.8 Å². The first-order chi connectivity index (χ1) is 24.7. The summed E-state index contributed by atoms with van der Waals surface area (Å²) in [4.78, 5) is 55.3. The van der Waals surface area contributed by atoms with E-state index in [9.17, 15) is 37.8 Å². The SMILES string of the molecule is CNS(=O)(=O)N(C[C@@H]1C[C@H](SC2=C(C(=O)O)N3C(=O)[C@H]([C@@H](C)O)[C@H]3[C@H]2C)CN1C(=O)OCc1ccc(OC)cc1)C(=O)OCc1ccc(OC)cc1. The molecular formula is C34H42N4O12S2. The Labute approximate surface area is 305 Å². The second kappa shape index (κ2) is 16.0. The summed E-state index contributed by atoms with van der Waals surface area (Å²) in [5.41, 5.74) is 1.06. The van der Waals surface area contributed by atoms with Crippen LogP contribution < -0.4 is 14.2 Å². The van der Waals surface area contributed by atoms with Crippen molar-refractivity contribution in [1.82, 2.24) is 18.8 Å². The summed E-state index contributed by atoms with van der Waals surface area (Å²) in [5.74, 6) is -1.77. The van der Waals surface area contributed by atoms with Crippen LogP contribution in [0.5, 0.6) is 11.5 Å². The topological polar surface area (TPSA) is 202 Å². The van der Waals surface area contributed by atoms with Crippen LogP contribution in [0.15, 0.2) is 59.1 Å². The summed E-state index contributed by atoms with van der Waals surface area (Å²) in [6.07, 6.45) is -2.81. The zero-order chi connectivity index (χ0) is 37.9. The molecule has 0 aliphatic carbocycles. The van der Waals surface area contributed by atoms with Gasteiger partial charge in [-0.05, 0) is 48.7 Å². The summed E-state index contributed by atoms with van der Waals surface area (Å²) in [6.45, 7) is 2.41. The molecule has 3 aliphatic rings. The second-order valence-corrected chi connectivity index (χ2v) is 15.7. The van der Waals surface area contributed by atoms with Crippen molar-refractivity contribution in [1.29, 1.82) is 0 Å². The van der Waals surface area contributed by atoms with Gasteiger partial charge in [0, 0.05) is 29.7 Å². The number of likely N-dealkylation sites (tertiary alicyclic amines) is 1. The number of aliphatic hydroxyl groups is 1. The van der Waals surface area contributed by atoms with E-state index < -0.39 is 76.1 Å². The van der Waals surface area contributed by atoms with Crippen LogP contribution in [-0.4, -0.2) is 115 Å². The molecule has 16 nitrogen and oxygen atoms in total. The Hall–Kier alpha value is -4.52.